The van der Waals surface area contributed by atoms with Crippen molar-refractivity contribution >= 4 is 56.2 Å². The molecule has 0 saturated carbocycles. The van der Waals surface area contributed by atoms with Crippen molar-refractivity contribution < 1.29 is 13.2 Å². The molecule has 0 spiro atoms. The summed E-state index contributed by atoms with van der Waals surface area (Å²) in [5.74, 6) is -1.02. The minimum atomic E-state index is -3.34. The number of halogens is 3. The fourth-order valence-electron chi connectivity index (χ4n) is 2.09. The Hall–Kier alpha value is -0.750. The third kappa shape index (κ3) is 3.92. The first-order valence-corrected chi connectivity index (χ1v) is 8.83. The molecule has 0 aliphatic carbocycles. The Morgan fingerprint density at radius 3 is 2.48 bits per heavy atom. The molecule has 1 unspecified atom stereocenters. The first-order chi connectivity index (χ1) is 9.60. The highest BCUT2D eigenvalue weighted by molar-refractivity contribution is 7.94. The number of nitrogens with zero attached hydrogens (tertiary/aromatic N) is 1. The molecule has 114 valence electrons. The highest BCUT2D eigenvalue weighted by Crippen LogP contribution is 2.33. The topological polar surface area (TPSA) is 54.5 Å². The van der Waals surface area contributed by atoms with Crippen LogP contribution in [0.25, 0.3) is 0 Å². The van der Waals surface area contributed by atoms with Crippen LogP contribution in [0.2, 0.25) is 0 Å². The van der Waals surface area contributed by atoms with E-state index < -0.39 is 25.6 Å². The van der Waals surface area contributed by atoms with E-state index in [0.717, 1.165) is 11.0 Å². The van der Waals surface area contributed by atoms with Gasteiger partial charge in [-0.05, 0) is 30.7 Å². The van der Waals surface area contributed by atoms with Crippen molar-refractivity contribution in [2.75, 3.05) is 10.7 Å². The molecule has 0 aromatic heterocycles. The van der Waals surface area contributed by atoms with Gasteiger partial charge in [-0.2, -0.15) is 0 Å². The van der Waals surface area contributed by atoms with Crippen molar-refractivity contribution in [1.82, 2.24) is 0 Å². The molecule has 1 heterocycles. The Labute approximate surface area is 138 Å². The third-order valence-corrected chi connectivity index (χ3v) is 4.85. The summed E-state index contributed by atoms with van der Waals surface area (Å²) in [6.45, 7) is 1.85. The number of alkyl halides is 3. The van der Waals surface area contributed by atoms with E-state index >= 15 is 0 Å². The van der Waals surface area contributed by atoms with E-state index in [1.807, 2.05) is 13.0 Å². The smallest absolute Gasteiger partial charge is 0.279 e. The van der Waals surface area contributed by atoms with Crippen molar-refractivity contribution in [2.24, 2.45) is 0 Å². The summed E-state index contributed by atoms with van der Waals surface area (Å²) >= 11 is 17.1. The summed E-state index contributed by atoms with van der Waals surface area (Å²) < 4.78 is 21.0. The predicted octanol–water partition coefficient (Wildman–Crippen LogP) is 3.01. The predicted molar refractivity (Wildman–Crippen MR) is 85.7 cm³/mol. The second-order valence-corrected chi connectivity index (χ2v) is 8.95. The number of carbonyl (C=O) groups is 1. The lowest BCUT2D eigenvalue weighted by atomic mass is 10.1. The third-order valence-electron chi connectivity index (χ3n) is 2.98. The molecular formula is C13H12Cl3NO3S. The summed E-state index contributed by atoms with van der Waals surface area (Å²) in [6, 6.07) is 6.30. The van der Waals surface area contributed by atoms with Gasteiger partial charge < -0.3 is 4.90 Å². The van der Waals surface area contributed by atoms with E-state index in [9.17, 15) is 13.2 Å². The molecule has 1 aliphatic rings. The molecule has 8 heteroatoms. The van der Waals surface area contributed by atoms with Crippen LogP contribution in [0.5, 0.6) is 0 Å². The zero-order valence-electron chi connectivity index (χ0n) is 11.0. The van der Waals surface area contributed by atoms with Gasteiger partial charge in [-0.3, -0.25) is 4.79 Å². The second-order valence-electron chi connectivity index (χ2n) is 4.74. The molecule has 1 aliphatic heterocycles. The number of anilines is 1. The van der Waals surface area contributed by atoms with Gasteiger partial charge in [-0.25, -0.2) is 8.42 Å². The van der Waals surface area contributed by atoms with Crippen molar-refractivity contribution in [3.05, 3.63) is 41.3 Å². The van der Waals surface area contributed by atoms with Crippen LogP contribution in [-0.2, 0) is 14.6 Å². The zero-order valence-corrected chi connectivity index (χ0v) is 14.0. The van der Waals surface area contributed by atoms with Gasteiger partial charge in [0.15, 0.2) is 9.84 Å². The van der Waals surface area contributed by atoms with Crippen LogP contribution in [-0.4, -0.2) is 29.9 Å². The molecule has 1 aromatic rings. The Balaban J connectivity index is 2.46. The lowest BCUT2D eigenvalue weighted by Crippen LogP contribution is -2.46. The van der Waals surface area contributed by atoms with E-state index in [2.05, 4.69) is 0 Å². The van der Waals surface area contributed by atoms with Crippen molar-refractivity contribution in [1.29, 1.82) is 0 Å². The van der Waals surface area contributed by atoms with Gasteiger partial charge in [0.2, 0.25) is 0 Å². The van der Waals surface area contributed by atoms with Crippen LogP contribution in [0.15, 0.2) is 35.7 Å². The average Bonchev–Trinajstić information content (AvgIpc) is 2.68. The second kappa shape index (κ2) is 5.80. The molecule has 1 atom stereocenters. The van der Waals surface area contributed by atoms with Crippen LogP contribution in [0.4, 0.5) is 5.69 Å². The van der Waals surface area contributed by atoms with Crippen molar-refractivity contribution in [2.45, 2.75) is 16.8 Å². The van der Waals surface area contributed by atoms with Crippen LogP contribution < -0.4 is 4.90 Å². The Morgan fingerprint density at radius 1 is 1.33 bits per heavy atom. The van der Waals surface area contributed by atoms with Crippen molar-refractivity contribution in [3.63, 3.8) is 0 Å². The van der Waals surface area contributed by atoms with Crippen molar-refractivity contribution in [3.8, 4) is 0 Å². The van der Waals surface area contributed by atoms with Gasteiger partial charge >= 0.3 is 0 Å². The molecular weight excluding hydrogens is 357 g/mol. The average molecular weight is 369 g/mol. The molecule has 0 N–H and O–H groups in total. The molecule has 2 rings (SSSR count). The number of sulfone groups is 1. The minimum Gasteiger partial charge on any atom is -0.301 e. The number of benzene rings is 1. The molecule has 21 heavy (non-hydrogen) atoms. The minimum absolute atomic E-state index is 0.229. The van der Waals surface area contributed by atoms with Crippen LogP contribution >= 0.6 is 34.8 Å². The molecule has 1 amide bonds. The van der Waals surface area contributed by atoms with Gasteiger partial charge in [0.1, 0.15) is 0 Å². The summed E-state index contributed by atoms with van der Waals surface area (Å²) in [7, 11) is -3.34. The summed E-state index contributed by atoms with van der Waals surface area (Å²) in [4.78, 5) is 13.6. The van der Waals surface area contributed by atoms with Gasteiger partial charge in [-0.15, -0.1) is 0 Å². The molecule has 0 radical (unpaired) electrons. The number of carbonyl (C=O) groups excluding carboxylic acids is 1. The van der Waals surface area contributed by atoms with Gasteiger partial charge in [0.05, 0.1) is 11.8 Å². The SMILES string of the molecule is Cc1cccc(N(C(=O)C(Cl)(Cl)Cl)C2C=CS(=O)(=O)C2)c1. The monoisotopic (exact) mass is 367 g/mol. The highest BCUT2D eigenvalue weighted by Gasteiger charge is 2.41. The Bertz CT molecular complexity index is 695. The van der Waals surface area contributed by atoms with Crippen LogP contribution in [0.1, 0.15) is 5.56 Å². The summed E-state index contributed by atoms with van der Waals surface area (Å²) in [5.41, 5.74) is 1.39. The zero-order chi connectivity index (χ0) is 15.8. The number of hydrogen-bond acceptors (Lipinski definition) is 3. The molecule has 0 bridgehead atoms. The molecule has 4 nitrogen and oxygen atoms in total. The highest BCUT2D eigenvalue weighted by atomic mass is 35.6. The van der Waals surface area contributed by atoms with E-state index in [-0.39, 0.29) is 5.75 Å². The first kappa shape index (κ1) is 16.6. The number of hydrogen-bond donors (Lipinski definition) is 0. The van der Waals surface area contributed by atoms with Gasteiger partial charge in [0, 0.05) is 11.1 Å². The normalized spacial score (nSPS) is 20.5. The van der Waals surface area contributed by atoms with Crippen LogP contribution in [0, 0.1) is 6.92 Å². The molecule has 1 aromatic carbocycles. The fraction of sp³-hybridized carbons (Fsp3) is 0.308. The van der Waals surface area contributed by atoms with Crippen LogP contribution in [0.3, 0.4) is 0 Å². The maximum atomic E-state index is 12.4. The summed E-state index contributed by atoms with van der Waals surface area (Å²) in [5, 5.41) is 1.08. The first-order valence-electron chi connectivity index (χ1n) is 5.98. The van der Waals surface area contributed by atoms with E-state index in [1.54, 1.807) is 18.2 Å². The largest absolute Gasteiger partial charge is 0.301 e. The lowest BCUT2D eigenvalue weighted by Gasteiger charge is -2.30. The Morgan fingerprint density at radius 2 is 2.00 bits per heavy atom. The van der Waals surface area contributed by atoms with E-state index in [4.69, 9.17) is 34.8 Å². The lowest BCUT2D eigenvalue weighted by molar-refractivity contribution is -0.118. The van der Waals surface area contributed by atoms with Gasteiger partial charge in [0.25, 0.3) is 9.70 Å². The maximum Gasteiger partial charge on any atom is 0.279 e. The number of aryl methyl sites for hydroxylation is 1. The Kier molecular flexibility index (Phi) is 4.59. The summed E-state index contributed by atoms with van der Waals surface area (Å²) in [6.07, 6.45) is 1.42. The van der Waals surface area contributed by atoms with E-state index in [1.165, 1.54) is 11.0 Å². The fourth-order valence-corrected chi connectivity index (χ4v) is 3.64. The standard InChI is InChI=1S/C13H12Cl3NO3S/c1-9-3-2-4-10(7-9)17(12(18)13(14,15)16)11-5-6-21(19,20)8-11/h2-7,11H,8H2,1H3. The maximum absolute atomic E-state index is 12.4. The quantitative estimate of drug-likeness (QED) is 0.754. The number of rotatable bonds is 2. The van der Waals surface area contributed by atoms with E-state index in [0.29, 0.717) is 5.69 Å². The molecule has 0 saturated heterocycles. The van der Waals surface area contributed by atoms with Gasteiger partial charge in [-0.1, -0.05) is 46.9 Å². The number of amides is 1. The molecule has 0 fully saturated rings.